The highest BCUT2D eigenvalue weighted by atomic mass is 35.5. The third-order valence-electron chi connectivity index (χ3n) is 2.86. The second-order valence-electron chi connectivity index (χ2n) is 4.16. The van der Waals surface area contributed by atoms with E-state index >= 15 is 0 Å². The molecule has 0 saturated carbocycles. The van der Waals surface area contributed by atoms with Crippen molar-refractivity contribution in [3.05, 3.63) is 40.4 Å². The zero-order valence-electron chi connectivity index (χ0n) is 9.77. The van der Waals surface area contributed by atoms with Crippen LogP contribution < -0.4 is 0 Å². The van der Waals surface area contributed by atoms with E-state index in [4.69, 9.17) is 11.6 Å². The molecule has 0 aromatic heterocycles. The van der Waals surface area contributed by atoms with Gasteiger partial charge in [-0.05, 0) is 37.1 Å². The van der Waals surface area contributed by atoms with E-state index in [9.17, 15) is 8.42 Å². The Balaban J connectivity index is 2.50. The van der Waals surface area contributed by atoms with E-state index in [1.54, 1.807) is 19.1 Å². The first kappa shape index (κ1) is 12.6. The topological polar surface area (TPSA) is 37.4 Å². The maximum atomic E-state index is 12.4. The highest BCUT2D eigenvalue weighted by Crippen LogP contribution is 2.26. The number of benzene rings is 1. The Kier molecular flexibility index (Phi) is 3.30. The molecule has 1 aliphatic rings. The summed E-state index contributed by atoms with van der Waals surface area (Å²) < 4.78 is 26.2. The molecule has 0 saturated heterocycles. The molecule has 0 unspecified atom stereocenters. The molecular weight excluding hydrogens is 258 g/mol. The van der Waals surface area contributed by atoms with Crippen LogP contribution in [0.5, 0.6) is 0 Å². The first-order valence-corrected chi connectivity index (χ1v) is 7.16. The van der Waals surface area contributed by atoms with Gasteiger partial charge >= 0.3 is 0 Å². The lowest BCUT2D eigenvalue weighted by Gasteiger charge is -2.18. The van der Waals surface area contributed by atoms with E-state index in [-0.39, 0.29) is 0 Å². The number of hydrogen-bond acceptors (Lipinski definition) is 2. The Bertz CT molecular complexity index is 570. The summed E-state index contributed by atoms with van der Waals surface area (Å²) in [5, 5.41) is 0.598. The summed E-state index contributed by atoms with van der Waals surface area (Å²) in [6, 6.07) is 3.35. The molecule has 5 heteroatoms. The van der Waals surface area contributed by atoms with Gasteiger partial charge in [0.25, 0.3) is 0 Å². The monoisotopic (exact) mass is 271 g/mol. The van der Waals surface area contributed by atoms with Crippen molar-refractivity contribution in [3.8, 4) is 0 Å². The van der Waals surface area contributed by atoms with Crippen molar-refractivity contribution in [2.45, 2.75) is 18.7 Å². The molecule has 0 aliphatic carbocycles. The lowest BCUT2D eigenvalue weighted by molar-refractivity contribution is 0.487. The van der Waals surface area contributed by atoms with Gasteiger partial charge in [-0.3, -0.25) is 0 Å². The molecule has 0 N–H and O–H groups in total. The van der Waals surface area contributed by atoms with E-state index in [1.807, 2.05) is 19.1 Å². The van der Waals surface area contributed by atoms with Gasteiger partial charge in [-0.2, -0.15) is 4.31 Å². The van der Waals surface area contributed by atoms with Crippen LogP contribution in [-0.4, -0.2) is 25.8 Å². The summed E-state index contributed by atoms with van der Waals surface area (Å²) in [6.45, 7) is 4.47. The minimum Gasteiger partial charge on any atom is -0.207 e. The molecule has 92 valence electrons. The van der Waals surface area contributed by atoms with Crippen molar-refractivity contribution in [1.82, 2.24) is 4.31 Å². The normalized spacial score (nSPS) is 16.6. The molecule has 1 aromatic carbocycles. The fourth-order valence-corrected chi connectivity index (χ4v) is 3.68. The van der Waals surface area contributed by atoms with Gasteiger partial charge in [0.05, 0.1) is 4.90 Å². The van der Waals surface area contributed by atoms with Gasteiger partial charge in [0.2, 0.25) is 10.0 Å². The smallest absolute Gasteiger partial charge is 0.207 e. The molecule has 0 atom stereocenters. The Hall–Kier alpha value is -0.840. The first-order chi connectivity index (χ1) is 7.93. The number of nitrogens with zero attached hydrogens (tertiary/aromatic N) is 1. The van der Waals surface area contributed by atoms with Crippen molar-refractivity contribution in [1.29, 1.82) is 0 Å². The molecule has 0 radical (unpaired) electrons. The summed E-state index contributed by atoms with van der Waals surface area (Å²) in [4.78, 5) is 0.350. The summed E-state index contributed by atoms with van der Waals surface area (Å²) in [5.41, 5.74) is 1.47. The van der Waals surface area contributed by atoms with Crippen molar-refractivity contribution < 1.29 is 8.42 Å². The van der Waals surface area contributed by atoms with Crippen LogP contribution >= 0.6 is 11.6 Å². The largest absolute Gasteiger partial charge is 0.243 e. The molecule has 17 heavy (non-hydrogen) atoms. The number of hydrogen-bond donors (Lipinski definition) is 0. The van der Waals surface area contributed by atoms with E-state index < -0.39 is 10.0 Å². The summed E-state index contributed by atoms with van der Waals surface area (Å²) in [5.74, 6) is 0. The van der Waals surface area contributed by atoms with Crippen LogP contribution in [0.4, 0.5) is 0 Å². The van der Waals surface area contributed by atoms with Gasteiger partial charge in [0.15, 0.2) is 0 Å². The van der Waals surface area contributed by atoms with E-state index in [0.29, 0.717) is 28.6 Å². The van der Waals surface area contributed by atoms with E-state index in [0.717, 1.165) is 5.56 Å². The predicted molar refractivity (Wildman–Crippen MR) is 68.8 cm³/mol. The van der Waals surface area contributed by atoms with Gasteiger partial charge in [0, 0.05) is 18.1 Å². The Morgan fingerprint density at radius 1 is 1.12 bits per heavy atom. The van der Waals surface area contributed by atoms with Crippen LogP contribution in [0.2, 0.25) is 5.02 Å². The fourth-order valence-electron chi connectivity index (χ4n) is 1.83. The highest BCUT2D eigenvalue weighted by Gasteiger charge is 2.26. The summed E-state index contributed by atoms with van der Waals surface area (Å²) >= 11 is 5.97. The lowest BCUT2D eigenvalue weighted by Crippen LogP contribution is -2.29. The highest BCUT2D eigenvalue weighted by molar-refractivity contribution is 7.89. The van der Waals surface area contributed by atoms with Crippen molar-refractivity contribution >= 4 is 21.6 Å². The zero-order valence-corrected chi connectivity index (χ0v) is 11.3. The molecule has 2 rings (SSSR count). The number of halogens is 1. The molecule has 0 bridgehead atoms. The average Bonchev–Trinajstić information content (AvgIpc) is 2.77. The molecule has 0 spiro atoms. The minimum atomic E-state index is -3.40. The fraction of sp³-hybridized carbons (Fsp3) is 0.333. The predicted octanol–water partition coefficient (Wildman–Crippen LogP) is 2.52. The van der Waals surface area contributed by atoms with Crippen LogP contribution in [0, 0.1) is 13.8 Å². The van der Waals surface area contributed by atoms with E-state index in [2.05, 4.69) is 0 Å². The van der Waals surface area contributed by atoms with Crippen molar-refractivity contribution in [2.24, 2.45) is 0 Å². The maximum absolute atomic E-state index is 12.4. The van der Waals surface area contributed by atoms with Gasteiger partial charge in [-0.15, -0.1) is 0 Å². The van der Waals surface area contributed by atoms with Crippen LogP contribution in [0.15, 0.2) is 29.2 Å². The average molecular weight is 272 g/mol. The lowest BCUT2D eigenvalue weighted by atomic mass is 10.2. The number of aryl methyl sites for hydroxylation is 2. The van der Waals surface area contributed by atoms with Gasteiger partial charge in [0.1, 0.15) is 0 Å². The van der Waals surface area contributed by atoms with Crippen LogP contribution in [0.1, 0.15) is 11.1 Å². The number of sulfonamides is 1. The van der Waals surface area contributed by atoms with Crippen molar-refractivity contribution in [3.63, 3.8) is 0 Å². The molecule has 3 nitrogen and oxygen atoms in total. The third kappa shape index (κ3) is 2.25. The van der Waals surface area contributed by atoms with E-state index in [1.165, 1.54) is 4.31 Å². The Morgan fingerprint density at radius 2 is 1.71 bits per heavy atom. The SMILES string of the molecule is Cc1cc(S(=O)(=O)N2CC=CC2)c(C)cc1Cl. The minimum absolute atomic E-state index is 0.350. The second kappa shape index (κ2) is 4.44. The number of rotatable bonds is 2. The Morgan fingerprint density at radius 3 is 2.29 bits per heavy atom. The van der Waals surface area contributed by atoms with Gasteiger partial charge in [-0.25, -0.2) is 8.42 Å². The molecule has 1 heterocycles. The molecule has 0 fully saturated rings. The van der Waals surface area contributed by atoms with Gasteiger partial charge < -0.3 is 0 Å². The molecule has 1 aromatic rings. The summed E-state index contributed by atoms with van der Waals surface area (Å²) in [6.07, 6.45) is 3.71. The zero-order chi connectivity index (χ0) is 12.6. The summed E-state index contributed by atoms with van der Waals surface area (Å²) in [7, 11) is -3.40. The van der Waals surface area contributed by atoms with Crippen molar-refractivity contribution in [2.75, 3.05) is 13.1 Å². The van der Waals surface area contributed by atoms with Gasteiger partial charge in [-0.1, -0.05) is 23.8 Å². The standard InChI is InChI=1S/C12H14ClNO2S/c1-9-8-12(10(2)7-11(9)13)17(15,16)14-5-3-4-6-14/h3-4,7-8H,5-6H2,1-2H3. The molecular formula is C12H14ClNO2S. The quantitative estimate of drug-likeness (QED) is 0.775. The third-order valence-corrected chi connectivity index (χ3v) is 5.24. The maximum Gasteiger partial charge on any atom is 0.243 e. The van der Waals surface area contributed by atoms with Crippen LogP contribution in [0.3, 0.4) is 0 Å². The second-order valence-corrected chi connectivity index (χ2v) is 6.47. The molecule has 0 amide bonds. The molecule has 1 aliphatic heterocycles. The Labute approximate surface area is 107 Å². The van der Waals surface area contributed by atoms with Crippen LogP contribution in [-0.2, 0) is 10.0 Å². The van der Waals surface area contributed by atoms with Crippen LogP contribution in [0.25, 0.3) is 0 Å². The first-order valence-electron chi connectivity index (χ1n) is 5.35.